The van der Waals surface area contributed by atoms with E-state index < -0.39 is 4.92 Å². The second-order valence-electron chi connectivity index (χ2n) is 4.29. The van der Waals surface area contributed by atoms with Crippen LogP contribution in [-0.2, 0) is 6.54 Å². The Morgan fingerprint density at radius 1 is 1.40 bits per heavy atom. The van der Waals surface area contributed by atoms with Crippen LogP contribution in [0.5, 0.6) is 0 Å². The molecule has 0 unspecified atom stereocenters. The van der Waals surface area contributed by atoms with Crippen LogP contribution in [0.25, 0.3) is 11.1 Å². The van der Waals surface area contributed by atoms with E-state index >= 15 is 0 Å². The lowest BCUT2D eigenvalue weighted by Crippen LogP contribution is -1.96. The van der Waals surface area contributed by atoms with Gasteiger partial charge >= 0.3 is 0 Å². The highest BCUT2D eigenvalue weighted by Gasteiger charge is 2.11. The van der Waals surface area contributed by atoms with E-state index in [1.807, 2.05) is 13.0 Å². The highest BCUT2D eigenvalue weighted by atomic mass is 32.1. The Bertz CT molecular complexity index is 778. The number of oxazole rings is 1. The van der Waals surface area contributed by atoms with Crippen molar-refractivity contribution >= 4 is 34.1 Å². The maximum Gasteiger partial charge on any atom is 0.295 e. The molecule has 1 N–H and O–H groups in total. The van der Waals surface area contributed by atoms with Gasteiger partial charge < -0.3 is 9.73 Å². The lowest BCUT2D eigenvalue weighted by Gasteiger charge is -1.97. The van der Waals surface area contributed by atoms with Crippen LogP contribution in [0.3, 0.4) is 0 Å². The summed E-state index contributed by atoms with van der Waals surface area (Å²) in [6.07, 6.45) is 0. The van der Waals surface area contributed by atoms with E-state index in [9.17, 15) is 10.1 Å². The maximum atomic E-state index is 10.7. The summed E-state index contributed by atoms with van der Waals surface area (Å²) in [6.45, 7) is 2.67. The van der Waals surface area contributed by atoms with Gasteiger partial charge in [0.15, 0.2) is 5.58 Å². The monoisotopic (exact) mass is 289 g/mol. The van der Waals surface area contributed by atoms with Gasteiger partial charge in [0, 0.05) is 21.9 Å². The van der Waals surface area contributed by atoms with Crippen LogP contribution in [-0.4, -0.2) is 9.91 Å². The van der Waals surface area contributed by atoms with Crippen LogP contribution >= 0.6 is 11.3 Å². The van der Waals surface area contributed by atoms with Crippen molar-refractivity contribution in [3.8, 4) is 0 Å². The van der Waals surface area contributed by atoms with E-state index in [1.54, 1.807) is 17.4 Å². The summed E-state index contributed by atoms with van der Waals surface area (Å²) in [5, 5.41) is 13.8. The number of rotatable bonds is 4. The summed E-state index contributed by atoms with van der Waals surface area (Å²) in [6, 6.07) is 8.82. The molecule has 0 amide bonds. The Morgan fingerprint density at radius 3 is 2.95 bits per heavy atom. The number of hydrogen-bond donors (Lipinski definition) is 1. The van der Waals surface area contributed by atoms with Crippen molar-refractivity contribution in [2.45, 2.75) is 13.5 Å². The Labute approximate surface area is 118 Å². The van der Waals surface area contributed by atoms with E-state index in [2.05, 4.69) is 16.4 Å². The second kappa shape index (κ2) is 4.93. The third-order valence-electron chi connectivity index (χ3n) is 2.79. The number of anilines is 1. The Hall–Kier alpha value is -2.41. The van der Waals surface area contributed by atoms with Gasteiger partial charge in [0.1, 0.15) is 5.52 Å². The fraction of sp³-hybridized carbons (Fsp3) is 0.154. The van der Waals surface area contributed by atoms with Gasteiger partial charge in [-0.05, 0) is 25.1 Å². The molecule has 2 aromatic heterocycles. The van der Waals surface area contributed by atoms with E-state index in [4.69, 9.17) is 4.42 Å². The minimum absolute atomic E-state index is 0.00577. The lowest BCUT2D eigenvalue weighted by molar-refractivity contribution is -0.384. The van der Waals surface area contributed by atoms with Gasteiger partial charge in [-0.15, -0.1) is 11.3 Å². The summed E-state index contributed by atoms with van der Waals surface area (Å²) in [4.78, 5) is 16.9. The van der Waals surface area contributed by atoms with Gasteiger partial charge in [0.05, 0.1) is 11.5 Å². The molecule has 0 bridgehead atoms. The van der Waals surface area contributed by atoms with Crippen molar-refractivity contribution in [2.24, 2.45) is 0 Å². The number of nitrogens with zero attached hydrogens (tertiary/aromatic N) is 2. The number of benzene rings is 1. The first-order valence-electron chi connectivity index (χ1n) is 5.96. The molecule has 0 saturated heterocycles. The second-order valence-corrected chi connectivity index (χ2v) is 5.67. The fourth-order valence-corrected chi connectivity index (χ4v) is 2.68. The molecule has 2 heterocycles. The molecule has 3 rings (SSSR count). The average molecular weight is 289 g/mol. The number of thiophene rings is 1. The van der Waals surface area contributed by atoms with Crippen LogP contribution in [0.4, 0.5) is 11.7 Å². The molecular weight excluding hydrogens is 278 g/mol. The van der Waals surface area contributed by atoms with Crippen molar-refractivity contribution in [3.63, 3.8) is 0 Å². The van der Waals surface area contributed by atoms with Gasteiger partial charge in [0.25, 0.3) is 11.7 Å². The molecule has 102 valence electrons. The van der Waals surface area contributed by atoms with Crippen molar-refractivity contribution < 1.29 is 9.34 Å². The number of nitro groups is 1. The van der Waals surface area contributed by atoms with Crippen molar-refractivity contribution in [3.05, 3.63) is 50.2 Å². The van der Waals surface area contributed by atoms with E-state index in [1.165, 1.54) is 21.9 Å². The normalized spacial score (nSPS) is 10.8. The first-order chi connectivity index (χ1) is 9.61. The van der Waals surface area contributed by atoms with Gasteiger partial charge in [-0.25, -0.2) is 0 Å². The van der Waals surface area contributed by atoms with Crippen LogP contribution in [0.2, 0.25) is 0 Å². The summed E-state index contributed by atoms with van der Waals surface area (Å²) >= 11 is 1.70. The van der Waals surface area contributed by atoms with Gasteiger partial charge in [-0.3, -0.25) is 10.1 Å². The van der Waals surface area contributed by atoms with E-state index in [0.717, 1.165) is 0 Å². The quantitative estimate of drug-likeness (QED) is 0.584. The van der Waals surface area contributed by atoms with Crippen LogP contribution < -0.4 is 5.32 Å². The van der Waals surface area contributed by atoms with E-state index in [0.29, 0.717) is 23.7 Å². The van der Waals surface area contributed by atoms with Crippen LogP contribution in [0.15, 0.2) is 34.7 Å². The van der Waals surface area contributed by atoms with Gasteiger partial charge in [-0.2, -0.15) is 4.98 Å². The van der Waals surface area contributed by atoms with Crippen molar-refractivity contribution in [1.29, 1.82) is 0 Å². The summed E-state index contributed by atoms with van der Waals surface area (Å²) in [7, 11) is 0. The minimum atomic E-state index is -0.449. The van der Waals surface area contributed by atoms with Crippen LogP contribution in [0.1, 0.15) is 9.75 Å². The summed E-state index contributed by atoms with van der Waals surface area (Å²) in [5.41, 5.74) is 1.01. The number of aromatic nitrogens is 1. The molecule has 0 saturated carbocycles. The Balaban J connectivity index is 1.80. The molecule has 0 aliphatic rings. The van der Waals surface area contributed by atoms with Crippen LogP contribution in [0, 0.1) is 17.0 Å². The van der Waals surface area contributed by atoms with Gasteiger partial charge in [0.2, 0.25) is 0 Å². The molecule has 7 heteroatoms. The molecule has 0 aliphatic heterocycles. The molecule has 3 aromatic rings. The third kappa shape index (κ3) is 2.48. The zero-order valence-corrected chi connectivity index (χ0v) is 11.4. The summed E-state index contributed by atoms with van der Waals surface area (Å²) in [5.74, 6) is 0. The summed E-state index contributed by atoms with van der Waals surface area (Å²) < 4.78 is 5.49. The third-order valence-corrected chi connectivity index (χ3v) is 3.79. The number of fused-ring (bicyclic) bond motifs is 1. The molecule has 20 heavy (non-hydrogen) atoms. The van der Waals surface area contributed by atoms with Crippen molar-refractivity contribution in [1.82, 2.24) is 4.98 Å². The average Bonchev–Trinajstić information content (AvgIpc) is 3.00. The molecule has 0 radical (unpaired) electrons. The molecule has 1 aromatic carbocycles. The van der Waals surface area contributed by atoms with Gasteiger partial charge in [-0.1, -0.05) is 0 Å². The standard InChI is InChI=1S/C13H11N3O3S/c1-8-2-4-10(20-8)7-14-13-15-11-6-9(16(17)18)3-5-12(11)19-13/h2-6H,7H2,1H3,(H,14,15). The lowest BCUT2D eigenvalue weighted by atomic mass is 10.3. The van der Waals surface area contributed by atoms with E-state index in [-0.39, 0.29) is 5.69 Å². The largest absolute Gasteiger partial charge is 0.424 e. The number of non-ortho nitro benzene ring substituents is 1. The number of hydrogen-bond acceptors (Lipinski definition) is 6. The number of aryl methyl sites for hydroxylation is 1. The predicted molar refractivity (Wildman–Crippen MR) is 77.0 cm³/mol. The topological polar surface area (TPSA) is 81.2 Å². The predicted octanol–water partition coefficient (Wildman–Crippen LogP) is 3.72. The Morgan fingerprint density at radius 2 is 2.25 bits per heavy atom. The first-order valence-corrected chi connectivity index (χ1v) is 6.77. The SMILES string of the molecule is Cc1ccc(CNc2nc3cc([N+](=O)[O-])ccc3o2)s1. The molecule has 0 atom stereocenters. The number of nitro benzene ring substituents is 1. The molecule has 0 aliphatic carbocycles. The molecular formula is C13H11N3O3S. The zero-order valence-electron chi connectivity index (χ0n) is 10.6. The molecule has 0 spiro atoms. The Kier molecular flexibility index (Phi) is 3.11. The first kappa shape index (κ1) is 12.6. The highest BCUT2D eigenvalue weighted by Crippen LogP contribution is 2.24. The zero-order chi connectivity index (χ0) is 14.1. The minimum Gasteiger partial charge on any atom is -0.424 e. The fourth-order valence-electron chi connectivity index (χ4n) is 1.85. The smallest absolute Gasteiger partial charge is 0.295 e. The molecule has 6 nitrogen and oxygen atoms in total. The highest BCUT2D eigenvalue weighted by molar-refractivity contribution is 7.11. The van der Waals surface area contributed by atoms with Crippen molar-refractivity contribution in [2.75, 3.05) is 5.32 Å². The number of nitrogens with one attached hydrogen (secondary N) is 1. The maximum absolute atomic E-state index is 10.7. The molecule has 0 fully saturated rings.